The molecule has 0 spiro atoms. The Balaban J connectivity index is 2.88. The average molecular weight is 162 g/mol. The van der Waals surface area contributed by atoms with E-state index in [0.717, 1.165) is 5.56 Å². The van der Waals surface area contributed by atoms with Gasteiger partial charge in [-0.3, -0.25) is 4.79 Å². The lowest BCUT2D eigenvalue weighted by Crippen LogP contribution is -2.24. The lowest BCUT2D eigenvalue weighted by Gasteiger charge is -2.10. The average Bonchev–Trinajstić information content (AvgIpc) is 2.07. The molecule has 2 heteroatoms. The van der Waals surface area contributed by atoms with Gasteiger partial charge in [-0.15, -0.1) is 0 Å². The van der Waals surface area contributed by atoms with Crippen LogP contribution in [0.5, 0.6) is 0 Å². The third kappa shape index (κ3) is 1.92. The van der Waals surface area contributed by atoms with E-state index >= 15 is 0 Å². The number of Topliss-reactive ketones (excluding diaryl/α,β-unsaturated/α-hetero) is 1. The maximum Gasteiger partial charge on any atom is 0.157 e. The van der Waals surface area contributed by atoms with Gasteiger partial charge in [0.1, 0.15) is 6.04 Å². The van der Waals surface area contributed by atoms with Gasteiger partial charge in [-0.2, -0.15) is 0 Å². The Morgan fingerprint density at radius 1 is 1.25 bits per heavy atom. The van der Waals surface area contributed by atoms with E-state index < -0.39 is 0 Å². The van der Waals surface area contributed by atoms with E-state index in [4.69, 9.17) is 0 Å². The van der Waals surface area contributed by atoms with Gasteiger partial charge in [0.25, 0.3) is 0 Å². The van der Waals surface area contributed by atoms with Crippen LogP contribution in [0.15, 0.2) is 30.3 Å². The largest absolute Gasteiger partial charge is 0.302 e. The minimum Gasteiger partial charge on any atom is -0.302 e. The van der Waals surface area contributed by atoms with Crippen LogP contribution in [0.3, 0.4) is 0 Å². The van der Waals surface area contributed by atoms with Crippen LogP contribution in [-0.4, -0.2) is 12.8 Å². The summed E-state index contributed by atoms with van der Waals surface area (Å²) in [6.07, 6.45) is 0. The summed E-state index contributed by atoms with van der Waals surface area (Å²) in [5.41, 5.74) is 0.938. The highest BCUT2D eigenvalue weighted by Gasteiger charge is 2.13. The zero-order chi connectivity index (χ0) is 8.97. The molecule has 0 saturated carbocycles. The first-order chi connectivity index (χ1) is 5.75. The van der Waals surface area contributed by atoms with Crippen LogP contribution in [0.1, 0.15) is 12.5 Å². The Morgan fingerprint density at radius 3 is 2.25 bits per heavy atom. The topological polar surface area (TPSA) is 29.1 Å². The van der Waals surface area contributed by atoms with Crippen molar-refractivity contribution in [2.24, 2.45) is 0 Å². The Labute approximate surface area is 72.6 Å². The molecule has 0 aliphatic rings. The van der Waals surface area contributed by atoms with Gasteiger partial charge >= 0.3 is 0 Å². The van der Waals surface area contributed by atoms with Crippen molar-refractivity contribution in [3.8, 4) is 0 Å². The van der Waals surface area contributed by atoms with Gasteiger partial charge in [0.15, 0.2) is 5.78 Å². The number of nitrogens with one attached hydrogen (secondary N) is 1. The lowest BCUT2D eigenvalue weighted by molar-refractivity contribution is -0.115. The summed E-state index contributed by atoms with van der Waals surface area (Å²) in [7, 11) is 1.75. The maximum atomic E-state index is 11.1. The summed E-state index contributed by atoms with van der Waals surface area (Å²) in [5.74, 6) is 0.0590. The third-order valence-corrected chi connectivity index (χ3v) is 1.66. The summed E-state index contributed by atoms with van der Waals surface area (Å²) in [5, 5.41) is 2.88. The van der Waals surface area contributed by atoms with Gasteiger partial charge in [0.2, 0.25) is 0 Å². The molecular weight excluding hydrogens is 150 g/mol. The highest BCUT2D eigenvalue weighted by molar-refractivity contribution is 5.93. The van der Waals surface area contributed by atoms with Crippen LogP contribution in [0, 0.1) is 6.04 Å². The Hall–Kier alpha value is -1.15. The summed E-state index contributed by atoms with van der Waals surface area (Å²) < 4.78 is 0. The number of benzene rings is 1. The van der Waals surface area contributed by atoms with Gasteiger partial charge in [-0.1, -0.05) is 30.3 Å². The van der Waals surface area contributed by atoms with Crippen molar-refractivity contribution >= 4 is 5.78 Å². The van der Waals surface area contributed by atoms with Crippen LogP contribution in [0.4, 0.5) is 0 Å². The fourth-order valence-electron chi connectivity index (χ4n) is 1.13. The summed E-state index contributed by atoms with van der Waals surface area (Å²) in [6.45, 7) is 1.55. The molecule has 1 aromatic carbocycles. The van der Waals surface area contributed by atoms with E-state index in [-0.39, 0.29) is 5.78 Å². The predicted molar refractivity (Wildman–Crippen MR) is 48.5 cm³/mol. The standard InChI is InChI=1S/C10H12NO/c1-8(12)10(11-2)9-6-4-3-5-7-9/h3-7,11H,1-2H3. The third-order valence-electron chi connectivity index (χ3n) is 1.66. The van der Waals surface area contributed by atoms with E-state index in [1.54, 1.807) is 14.0 Å². The first-order valence-electron chi connectivity index (χ1n) is 3.86. The maximum absolute atomic E-state index is 11.1. The number of carbonyl (C=O) groups excluding carboxylic acids is 1. The number of ketones is 1. The van der Waals surface area contributed by atoms with Crippen molar-refractivity contribution in [3.05, 3.63) is 41.9 Å². The molecule has 0 bridgehead atoms. The van der Waals surface area contributed by atoms with E-state index in [0.29, 0.717) is 6.04 Å². The molecular formula is C10H12NO. The predicted octanol–water partition coefficient (Wildman–Crippen LogP) is 1.38. The van der Waals surface area contributed by atoms with Gasteiger partial charge in [-0.25, -0.2) is 0 Å². The summed E-state index contributed by atoms with van der Waals surface area (Å²) >= 11 is 0. The van der Waals surface area contributed by atoms with Gasteiger partial charge < -0.3 is 5.32 Å². The number of carbonyl (C=O) groups is 1. The molecule has 0 amide bonds. The first-order valence-corrected chi connectivity index (χ1v) is 3.86. The first kappa shape index (κ1) is 8.94. The zero-order valence-electron chi connectivity index (χ0n) is 7.29. The zero-order valence-corrected chi connectivity index (χ0v) is 7.29. The molecule has 0 aliphatic heterocycles. The van der Waals surface area contributed by atoms with Crippen LogP contribution < -0.4 is 5.32 Å². The van der Waals surface area contributed by atoms with Crippen molar-refractivity contribution in [2.45, 2.75) is 6.92 Å². The number of likely N-dealkylation sites (N-methyl/N-ethyl adjacent to an activating group) is 1. The monoisotopic (exact) mass is 162 g/mol. The van der Waals surface area contributed by atoms with Gasteiger partial charge in [-0.05, 0) is 19.5 Å². The molecule has 63 valence electrons. The Morgan fingerprint density at radius 2 is 1.83 bits per heavy atom. The van der Waals surface area contributed by atoms with E-state index in [1.807, 2.05) is 30.3 Å². The molecule has 1 radical (unpaired) electrons. The Bertz CT molecular complexity index is 256. The molecule has 0 atom stereocenters. The molecule has 1 aromatic rings. The van der Waals surface area contributed by atoms with Crippen molar-refractivity contribution in [3.63, 3.8) is 0 Å². The molecule has 0 saturated heterocycles. The molecule has 12 heavy (non-hydrogen) atoms. The normalized spacial score (nSPS) is 10.2. The van der Waals surface area contributed by atoms with Crippen molar-refractivity contribution < 1.29 is 4.79 Å². The summed E-state index contributed by atoms with van der Waals surface area (Å²) in [6, 6.07) is 10.2. The fourth-order valence-corrected chi connectivity index (χ4v) is 1.13. The van der Waals surface area contributed by atoms with Crippen LogP contribution in [-0.2, 0) is 4.79 Å². The molecule has 1 rings (SSSR count). The second-order valence-electron chi connectivity index (χ2n) is 2.55. The van der Waals surface area contributed by atoms with Crippen LogP contribution >= 0.6 is 0 Å². The second kappa shape index (κ2) is 4.02. The smallest absolute Gasteiger partial charge is 0.157 e. The van der Waals surface area contributed by atoms with E-state index in [9.17, 15) is 4.79 Å². The fraction of sp³-hybridized carbons (Fsp3) is 0.200. The Kier molecular flexibility index (Phi) is 3.00. The molecule has 0 aliphatic carbocycles. The number of hydrogen-bond acceptors (Lipinski definition) is 2. The van der Waals surface area contributed by atoms with Gasteiger partial charge in [0, 0.05) is 0 Å². The van der Waals surface area contributed by atoms with E-state index in [2.05, 4.69) is 5.32 Å². The van der Waals surface area contributed by atoms with Gasteiger partial charge in [0.05, 0.1) is 0 Å². The van der Waals surface area contributed by atoms with Crippen molar-refractivity contribution in [2.75, 3.05) is 7.05 Å². The second-order valence-corrected chi connectivity index (χ2v) is 2.55. The molecule has 2 nitrogen and oxygen atoms in total. The van der Waals surface area contributed by atoms with E-state index in [1.165, 1.54) is 0 Å². The van der Waals surface area contributed by atoms with Crippen molar-refractivity contribution in [1.82, 2.24) is 5.32 Å². The molecule has 0 fully saturated rings. The van der Waals surface area contributed by atoms with Crippen LogP contribution in [0.25, 0.3) is 0 Å². The number of hydrogen-bond donors (Lipinski definition) is 1. The molecule has 1 N–H and O–H groups in total. The SMILES string of the molecule is CN[C](C(C)=O)c1ccccc1. The minimum atomic E-state index is 0.0590. The van der Waals surface area contributed by atoms with Crippen molar-refractivity contribution in [1.29, 1.82) is 0 Å². The summed E-state index contributed by atoms with van der Waals surface area (Å²) in [4.78, 5) is 11.1. The lowest BCUT2D eigenvalue weighted by atomic mass is 10.0. The minimum absolute atomic E-state index is 0.0590. The molecule has 0 heterocycles. The highest BCUT2D eigenvalue weighted by Crippen LogP contribution is 2.10. The van der Waals surface area contributed by atoms with Crippen LogP contribution in [0.2, 0.25) is 0 Å². The number of rotatable bonds is 3. The highest BCUT2D eigenvalue weighted by atomic mass is 16.1. The molecule has 0 unspecified atom stereocenters. The molecule has 0 aromatic heterocycles. The quantitative estimate of drug-likeness (QED) is 0.727.